The van der Waals surface area contributed by atoms with Crippen LogP contribution >= 0.6 is 11.3 Å². The maximum absolute atomic E-state index is 12.3. The van der Waals surface area contributed by atoms with Gasteiger partial charge in [0.2, 0.25) is 0 Å². The summed E-state index contributed by atoms with van der Waals surface area (Å²) < 4.78 is 5.13. The van der Waals surface area contributed by atoms with E-state index in [1.165, 1.54) is 11.3 Å². The van der Waals surface area contributed by atoms with Crippen LogP contribution in [-0.2, 0) is 0 Å². The first-order valence-corrected chi connectivity index (χ1v) is 7.52. The van der Waals surface area contributed by atoms with Crippen LogP contribution in [0.25, 0.3) is 0 Å². The van der Waals surface area contributed by atoms with Gasteiger partial charge in [-0.25, -0.2) is 0 Å². The van der Waals surface area contributed by atoms with E-state index in [-0.39, 0.29) is 5.91 Å². The summed E-state index contributed by atoms with van der Waals surface area (Å²) in [5, 5.41) is 5.17. The lowest BCUT2D eigenvalue weighted by Gasteiger charge is -2.43. The van der Waals surface area contributed by atoms with Crippen molar-refractivity contribution in [2.75, 3.05) is 46.4 Å². The van der Waals surface area contributed by atoms with Crippen molar-refractivity contribution in [2.24, 2.45) is 0 Å². The molecule has 2 saturated heterocycles. The van der Waals surface area contributed by atoms with Gasteiger partial charge in [-0.2, -0.15) is 0 Å². The van der Waals surface area contributed by atoms with Crippen molar-refractivity contribution >= 4 is 17.2 Å². The fraction of sp³-hybridized carbons (Fsp3) is 0.615. The van der Waals surface area contributed by atoms with Gasteiger partial charge >= 0.3 is 0 Å². The summed E-state index contributed by atoms with van der Waals surface area (Å²) in [6.45, 7) is 5.82. The van der Waals surface area contributed by atoms with Crippen LogP contribution in [0.4, 0.5) is 0 Å². The van der Waals surface area contributed by atoms with E-state index in [4.69, 9.17) is 4.74 Å². The van der Waals surface area contributed by atoms with Gasteiger partial charge in [0.05, 0.1) is 12.0 Å². The lowest BCUT2D eigenvalue weighted by atomic mass is 10.1. The summed E-state index contributed by atoms with van der Waals surface area (Å²) in [4.78, 5) is 17.5. The number of hydrogen-bond donors (Lipinski definition) is 1. The van der Waals surface area contributed by atoms with Crippen LogP contribution in [0.15, 0.2) is 11.4 Å². The third kappa shape index (κ3) is 2.61. The molecule has 0 aliphatic carbocycles. The lowest BCUT2D eigenvalue weighted by molar-refractivity contribution is 0.0506. The third-order valence-electron chi connectivity index (χ3n) is 3.90. The predicted molar refractivity (Wildman–Crippen MR) is 75.0 cm³/mol. The number of piperazine rings is 1. The number of amides is 1. The Morgan fingerprint density at radius 2 is 2.11 bits per heavy atom. The smallest absolute Gasteiger partial charge is 0.264 e. The average Bonchev–Trinajstić information content (AvgIpc) is 2.85. The number of rotatable bonds is 3. The Morgan fingerprint density at radius 1 is 1.37 bits per heavy atom. The largest absolute Gasteiger partial charge is 0.496 e. The van der Waals surface area contributed by atoms with E-state index in [1.807, 2.05) is 16.3 Å². The van der Waals surface area contributed by atoms with Crippen molar-refractivity contribution in [3.63, 3.8) is 0 Å². The summed E-state index contributed by atoms with van der Waals surface area (Å²) in [6.07, 6.45) is 0. The zero-order chi connectivity index (χ0) is 13.2. The molecule has 2 aliphatic heterocycles. The van der Waals surface area contributed by atoms with Crippen LogP contribution in [0, 0.1) is 0 Å². The van der Waals surface area contributed by atoms with Gasteiger partial charge in [0, 0.05) is 56.8 Å². The van der Waals surface area contributed by atoms with Crippen LogP contribution in [0.1, 0.15) is 9.67 Å². The predicted octanol–water partition coefficient (Wildman–Crippen LogP) is 0.486. The maximum atomic E-state index is 12.3. The zero-order valence-corrected chi connectivity index (χ0v) is 11.9. The van der Waals surface area contributed by atoms with Crippen LogP contribution < -0.4 is 10.1 Å². The van der Waals surface area contributed by atoms with Crippen molar-refractivity contribution < 1.29 is 9.53 Å². The SMILES string of the molecule is COc1csc(C(=O)N2CCN(C3CNC3)CC2)c1. The minimum absolute atomic E-state index is 0.139. The molecule has 0 unspecified atom stereocenters. The monoisotopic (exact) mass is 281 g/mol. The quantitative estimate of drug-likeness (QED) is 0.875. The second-order valence-corrected chi connectivity index (χ2v) is 5.90. The molecule has 2 fully saturated rings. The number of hydrogen-bond acceptors (Lipinski definition) is 5. The Morgan fingerprint density at radius 3 is 2.63 bits per heavy atom. The second kappa shape index (κ2) is 5.48. The van der Waals surface area contributed by atoms with Crippen molar-refractivity contribution in [3.05, 3.63) is 16.3 Å². The molecule has 1 N–H and O–H groups in total. The van der Waals surface area contributed by atoms with Crippen molar-refractivity contribution in [1.29, 1.82) is 0 Å². The number of methoxy groups -OCH3 is 1. The van der Waals surface area contributed by atoms with E-state index in [0.29, 0.717) is 6.04 Å². The zero-order valence-electron chi connectivity index (χ0n) is 11.1. The van der Waals surface area contributed by atoms with Crippen molar-refractivity contribution in [1.82, 2.24) is 15.1 Å². The van der Waals surface area contributed by atoms with Gasteiger partial charge in [0.25, 0.3) is 5.91 Å². The molecule has 2 aliphatic rings. The van der Waals surface area contributed by atoms with Gasteiger partial charge in [-0.3, -0.25) is 9.69 Å². The van der Waals surface area contributed by atoms with Gasteiger partial charge < -0.3 is 15.0 Å². The molecule has 0 saturated carbocycles. The standard InChI is InChI=1S/C13H19N3O2S/c1-18-11-6-12(19-9-11)13(17)16-4-2-15(3-5-16)10-7-14-8-10/h6,9-10,14H,2-5,7-8H2,1H3. The number of nitrogens with zero attached hydrogens (tertiary/aromatic N) is 2. The molecule has 1 amide bonds. The van der Waals surface area contributed by atoms with Crippen molar-refractivity contribution in [3.8, 4) is 5.75 Å². The second-order valence-electron chi connectivity index (χ2n) is 4.99. The first-order chi connectivity index (χ1) is 9.28. The highest BCUT2D eigenvalue weighted by Gasteiger charge is 2.29. The normalized spacial score (nSPS) is 21.2. The summed E-state index contributed by atoms with van der Waals surface area (Å²) >= 11 is 1.46. The van der Waals surface area contributed by atoms with E-state index in [0.717, 1.165) is 49.9 Å². The van der Waals surface area contributed by atoms with E-state index in [2.05, 4.69) is 10.2 Å². The highest BCUT2D eigenvalue weighted by atomic mass is 32.1. The number of carbonyl (C=O) groups is 1. The molecule has 3 heterocycles. The molecule has 1 aromatic rings. The molecule has 0 aromatic carbocycles. The summed E-state index contributed by atoms with van der Waals surface area (Å²) in [6, 6.07) is 2.51. The van der Waals surface area contributed by atoms with Gasteiger partial charge in [0.1, 0.15) is 5.75 Å². The highest BCUT2D eigenvalue weighted by molar-refractivity contribution is 7.12. The molecule has 1 aromatic heterocycles. The Kier molecular flexibility index (Phi) is 3.72. The molecule has 0 atom stereocenters. The highest BCUT2D eigenvalue weighted by Crippen LogP contribution is 2.23. The minimum Gasteiger partial charge on any atom is -0.496 e. The Bertz CT molecular complexity index is 450. The maximum Gasteiger partial charge on any atom is 0.264 e. The van der Waals surface area contributed by atoms with Crippen LogP contribution in [0.3, 0.4) is 0 Å². The first kappa shape index (κ1) is 12.9. The van der Waals surface area contributed by atoms with Gasteiger partial charge in [-0.1, -0.05) is 0 Å². The molecular formula is C13H19N3O2S. The molecule has 6 heteroatoms. The Labute approximate surface area is 117 Å². The Balaban J connectivity index is 1.56. The van der Waals surface area contributed by atoms with E-state index in [1.54, 1.807) is 7.11 Å². The van der Waals surface area contributed by atoms with E-state index < -0.39 is 0 Å². The number of thiophene rings is 1. The molecular weight excluding hydrogens is 262 g/mol. The number of ether oxygens (including phenoxy) is 1. The first-order valence-electron chi connectivity index (χ1n) is 6.64. The van der Waals surface area contributed by atoms with Gasteiger partial charge in [0.15, 0.2) is 0 Å². The van der Waals surface area contributed by atoms with E-state index >= 15 is 0 Å². The topological polar surface area (TPSA) is 44.8 Å². The molecule has 0 radical (unpaired) electrons. The summed E-state index contributed by atoms with van der Waals surface area (Å²) in [5.74, 6) is 0.909. The van der Waals surface area contributed by atoms with Gasteiger partial charge in [-0.05, 0) is 0 Å². The van der Waals surface area contributed by atoms with Crippen LogP contribution in [0.2, 0.25) is 0 Å². The molecule has 19 heavy (non-hydrogen) atoms. The fourth-order valence-corrected chi connectivity index (χ4v) is 3.34. The molecule has 5 nitrogen and oxygen atoms in total. The average molecular weight is 281 g/mol. The Hall–Kier alpha value is -1.11. The molecule has 0 spiro atoms. The van der Waals surface area contributed by atoms with E-state index in [9.17, 15) is 4.79 Å². The molecule has 3 rings (SSSR count). The van der Waals surface area contributed by atoms with Crippen LogP contribution in [0.5, 0.6) is 5.75 Å². The summed E-state index contributed by atoms with van der Waals surface area (Å²) in [5.41, 5.74) is 0. The van der Waals surface area contributed by atoms with Crippen molar-refractivity contribution in [2.45, 2.75) is 6.04 Å². The molecule has 0 bridgehead atoms. The number of carbonyl (C=O) groups excluding carboxylic acids is 1. The van der Waals surface area contributed by atoms with Crippen LogP contribution in [-0.4, -0.2) is 68.1 Å². The lowest BCUT2D eigenvalue weighted by Crippen LogP contribution is -2.62. The summed E-state index contributed by atoms with van der Waals surface area (Å²) in [7, 11) is 1.63. The fourth-order valence-electron chi connectivity index (χ4n) is 2.52. The van der Waals surface area contributed by atoms with Gasteiger partial charge in [-0.15, -0.1) is 11.3 Å². The number of nitrogens with one attached hydrogen (secondary N) is 1. The molecule has 104 valence electrons. The third-order valence-corrected chi connectivity index (χ3v) is 4.80. The minimum atomic E-state index is 0.139.